The fourth-order valence-corrected chi connectivity index (χ4v) is 4.23. The van der Waals surface area contributed by atoms with Gasteiger partial charge in [-0.1, -0.05) is 12.1 Å². The molecule has 0 fully saturated rings. The van der Waals surface area contributed by atoms with Crippen molar-refractivity contribution < 1.29 is 22.7 Å². The van der Waals surface area contributed by atoms with Gasteiger partial charge in [0.1, 0.15) is 18.1 Å². The zero-order valence-electron chi connectivity index (χ0n) is 14.5. The Morgan fingerprint density at radius 3 is 2.70 bits per heavy atom. The van der Waals surface area contributed by atoms with Gasteiger partial charge in [-0.15, -0.1) is 4.40 Å². The van der Waals surface area contributed by atoms with E-state index in [2.05, 4.69) is 9.71 Å². The molecule has 0 radical (unpaired) electrons. The monoisotopic (exact) mass is 387 g/mol. The first-order chi connectivity index (χ1) is 12.9. The summed E-state index contributed by atoms with van der Waals surface area (Å²) in [6, 6.07) is 11.7. The van der Waals surface area contributed by atoms with Gasteiger partial charge in [0.25, 0.3) is 10.0 Å². The van der Waals surface area contributed by atoms with Crippen molar-refractivity contribution in [2.45, 2.75) is 4.90 Å². The topological polar surface area (TPSA) is 97.3 Å². The van der Waals surface area contributed by atoms with Gasteiger partial charge < -0.3 is 19.7 Å². The highest BCUT2D eigenvalue weighted by Crippen LogP contribution is 2.32. The molecule has 0 aromatic heterocycles. The van der Waals surface area contributed by atoms with Gasteiger partial charge in [0.15, 0.2) is 17.3 Å². The summed E-state index contributed by atoms with van der Waals surface area (Å²) in [5, 5.41) is 2.77. The second-order valence-electron chi connectivity index (χ2n) is 6.15. The zero-order chi connectivity index (χ0) is 19.0. The van der Waals surface area contributed by atoms with Gasteiger partial charge in [-0.25, -0.2) is 0 Å². The molecule has 0 aliphatic carbocycles. The maximum Gasteiger partial charge on any atom is 0.285 e. The average molecular weight is 387 g/mol. The molecule has 0 atom stereocenters. The number of benzene rings is 2. The lowest BCUT2D eigenvalue weighted by molar-refractivity contribution is -0.116. The predicted octanol–water partition coefficient (Wildman–Crippen LogP) is 1.48. The summed E-state index contributed by atoms with van der Waals surface area (Å²) < 4.78 is 39.0. The van der Waals surface area contributed by atoms with Crippen molar-refractivity contribution >= 4 is 27.5 Å². The smallest absolute Gasteiger partial charge is 0.285 e. The van der Waals surface area contributed by atoms with Crippen molar-refractivity contribution in [1.29, 1.82) is 0 Å². The van der Waals surface area contributed by atoms with Crippen LogP contribution in [0.3, 0.4) is 0 Å². The number of likely N-dealkylation sites (N-methyl/N-ethyl adjacent to an activating group) is 1. The predicted molar refractivity (Wildman–Crippen MR) is 98.9 cm³/mol. The Morgan fingerprint density at radius 2 is 1.89 bits per heavy atom. The van der Waals surface area contributed by atoms with Crippen LogP contribution in [0.15, 0.2) is 51.8 Å². The van der Waals surface area contributed by atoms with E-state index in [0.717, 1.165) is 0 Å². The van der Waals surface area contributed by atoms with E-state index in [1.165, 1.54) is 11.0 Å². The standard InChI is InChI=1S/C18H17N3O5S/c1-21(18-13-4-2-3-5-16(13)27(23,24)20-18)11-17(22)19-12-6-7-14-15(10-12)26-9-8-25-14/h2-7,10H,8-9,11H2,1H3,(H,19,22). The minimum absolute atomic E-state index is 0.0584. The number of hydrogen-bond acceptors (Lipinski definition) is 6. The summed E-state index contributed by atoms with van der Waals surface area (Å²) in [6.45, 7) is 0.897. The lowest BCUT2D eigenvalue weighted by Crippen LogP contribution is -2.34. The number of carbonyl (C=O) groups is 1. The molecule has 1 amide bonds. The average Bonchev–Trinajstić information content (AvgIpc) is 2.93. The van der Waals surface area contributed by atoms with E-state index in [0.29, 0.717) is 36.0 Å². The Kier molecular flexibility index (Phi) is 4.23. The van der Waals surface area contributed by atoms with Crippen molar-refractivity contribution in [1.82, 2.24) is 4.90 Å². The Morgan fingerprint density at radius 1 is 1.15 bits per heavy atom. The van der Waals surface area contributed by atoms with Crippen molar-refractivity contribution in [2.75, 3.05) is 32.1 Å². The van der Waals surface area contributed by atoms with Gasteiger partial charge in [0.05, 0.1) is 6.54 Å². The van der Waals surface area contributed by atoms with E-state index in [4.69, 9.17) is 9.47 Å². The minimum Gasteiger partial charge on any atom is -0.486 e. The van der Waals surface area contributed by atoms with Crippen molar-refractivity contribution in [2.24, 2.45) is 4.40 Å². The summed E-state index contributed by atoms with van der Waals surface area (Å²) in [7, 11) is -2.10. The Hall–Kier alpha value is -3.07. The van der Waals surface area contributed by atoms with Gasteiger partial charge in [-0.3, -0.25) is 4.79 Å². The summed E-state index contributed by atoms with van der Waals surface area (Å²) in [5.41, 5.74) is 1.06. The van der Waals surface area contributed by atoms with Crippen LogP contribution >= 0.6 is 0 Å². The molecular formula is C18H17N3O5S. The Labute approximate surface area is 156 Å². The molecule has 0 saturated heterocycles. The maximum absolute atomic E-state index is 12.4. The number of anilines is 1. The summed E-state index contributed by atoms with van der Waals surface area (Å²) in [5.74, 6) is 1.16. The van der Waals surface area contributed by atoms with Crippen molar-refractivity contribution in [3.05, 3.63) is 48.0 Å². The van der Waals surface area contributed by atoms with Gasteiger partial charge in [0, 0.05) is 24.4 Å². The third-order valence-corrected chi connectivity index (χ3v) is 5.51. The number of rotatable bonds is 3. The molecule has 0 bridgehead atoms. The Balaban J connectivity index is 1.47. The number of nitrogens with one attached hydrogen (secondary N) is 1. The number of sulfonamides is 1. The molecule has 4 rings (SSSR count). The van der Waals surface area contributed by atoms with Crippen LogP contribution in [-0.4, -0.2) is 51.9 Å². The molecule has 2 aromatic rings. The largest absolute Gasteiger partial charge is 0.486 e. The second kappa shape index (κ2) is 6.58. The van der Waals surface area contributed by atoms with E-state index in [1.807, 2.05) is 0 Å². The van der Waals surface area contributed by atoms with Crippen molar-refractivity contribution in [3.63, 3.8) is 0 Å². The number of fused-ring (bicyclic) bond motifs is 2. The third-order valence-electron chi connectivity index (χ3n) is 4.18. The molecule has 9 heteroatoms. The van der Waals surface area contributed by atoms with Crippen LogP contribution in [0.4, 0.5) is 5.69 Å². The van der Waals surface area contributed by atoms with E-state index < -0.39 is 10.0 Å². The molecule has 0 spiro atoms. The quantitative estimate of drug-likeness (QED) is 0.857. The molecule has 2 aromatic carbocycles. The summed E-state index contributed by atoms with van der Waals surface area (Å²) in [4.78, 5) is 14.1. The molecule has 2 aliphatic rings. The van der Waals surface area contributed by atoms with Crippen LogP contribution in [0, 0.1) is 0 Å². The second-order valence-corrected chi connectivity index (χ2v) is 7.72. The lowest BCUT2D eigenvalue weighted by atomic mass is 10.2. The SMILES string of the molecule is CN(CC(=O)Nc1ccc2c(c1)OCCO2)C1=NS(=O)(=O)c2ccccc21. The van der Waals surface area contributed by atoms with Gasteiger partial charge in [0.2, 0.25) is 5.91 Å². The molecular weight excluding hydrogens is 370 g/mol. The molecule has 27 heavy (non-hydrogen) atoms. The fraction of sp³-hybridized carbons (Fsp3) is 0.222. The van der Waals surface area contributed by atoms with Crippen LogP contribution in [-0.2, 0) is 14.8 Å². The van der Waals surface area contributed by atoms with Crippen LogP contribution in [0.1, 0.15) is 5.56 Å². The van der Waals surface area contributed by atoms with E-state index >= 15 is 0 Å². The molecule has 1 N–H and O–H groups in total. The molecule has 0 saturated carbocycles. The molecule has 0 unspecified atom stereocenters. The number of amides is 1. The summed E-state index contributed by atoms with van der Waals surface area (Å²) in [6.07, 6.45) is 0. The lowest BCUT2D eigenvalue weighted by Gasteiger charge is -2.20. The normalized spacial score (nSPS) is 16.3. The number of carbonyl (C=O) groups excluding carboxylic acids is 1. The van der Waals surface area contributed by atoms with E-state index in [1.54, 1.807) is 43.4 Å². The minimum atomic E-state index is -3.72. The zero-order valence-corrected chi connectivity index (χ0v) is 15.3. The summed E-state index contributed by atoms with van der Waals surface area (Å²) >= 11 is 0. The molecule has 8 nitrogen and oxygen atoms in total. The number of nitrogens with zero attached hydrogens (tertiary/aromatic N) is 2. The molecule has 2 heterocycles. The Bertz CT molecular complexity index is 1050. The van der Waals surface area contributed by atoms with Gasteiger partial charge >= 0.3 is 0 Å². The number of amidine groups is 1. The van der Waals surface area contributed by atoms with Gasteiger partial charge in [-0.05, 0) is 24.3 Å². The third kappa shape index (κ3) is 3.33. The maximum atomic E-state index is 12.4. The van der Waals surface area contributed by atoms with Crippen LogP contribution in [0.5, 0.6) is 11.5 Å². The van der Waals surface area contributed by atoms with E-state index in [9.17, 15) is 13.2 Å². The fourth-order valence-electron chi connectivity index (χ4n) is 2.98. The van der Waals surface area contributed by atoms with Gasteiger partial charge in [-0.2, -0.15) is 8.42 Å². The highest BCUT2D eigenvalue weighted by atomic mass is 32.2. The first-order valence-electron chi connectivity index (χ1n) is 8.29. The first-order valence-corrected chi connectivity index (χ1v) is 9.73. The molecule has 140 valence electrons. The number of hydrogen-bond donors (Lipinski definition) is 1. The highest BCUT2D eigenvalue weighted by molar-refractivity contribution is 7.90. The van der Waals surface area contributed by atoms with Crippen LogP contribution < -0.4 is 14.8 Å². The van der Waals surface area contributed by atoms with Crippen LogP contribution in [0.25, 0.3) is 0 Å². The highest BCUT2D eigenvalue weighted by Gasteiger charge is 2.30. The van der Waals surface area contributed by atoms with Crippen LogP contribution in [0.2, 0.25) is 0 Å². The number of ether oxygens (including phenoxy) is 2. The van der Waals surface area contributed by atoms with E-state index in [-0.39, 0.29) is 23.2 Å². The first kappa shape index (κ1) is 17.3. The van der Waals surface area contributed by atoms with Crippen molar-refractivity contribution in [3.8, 4) is 11.5 Å². The molecule has 2 aliphatic heterocycles.